The van der Waals surface area contributed by atoms with Crippen molar-refractivity contribution >= 4 is 15.9 Å². The molecule has 0 heterocycles. The van der Waals surface area contributed by atoms with E-state index >= 15 is 0 Å². The smallest absolute Gasteiger partial charge is 0.388 e. The van der Waals surface area contributed by atoms with Crippen molar-refractivity contribution in [2.75, 3.05) is 0 Å². The van der Waals surface area contributed by atoms with E-state index in [9.17, 15) is 22.7 Å². The molecule has 0 aliphatic rings. The van der Waals surface area contributed by atoms with Crippen molar-refractivity contribution < 1.29 is 22.7 Å². The van der Waals surface area contributed by atoms with Crippen molar-refractivity contribution in [1.29, 1.82) is 0 Å². The van der Waals surface area contributed by atoms with Crippen LogP contribution >= 0.6 is 15.9 Å². The average molecular weight is 363 g/mol. The van der Waals surface area contributed by atoms with Crippen molar-refractivity contribution in [2.45, 2.75) is 18.7 Å². The number of rotatable bonds is 3. The van der Waals surface area contributed by atoms with Crippen molar-refractivity contribution in [3.63, 3.8) is 0 Å². The Morgan fingerprint density at radius 2 is 1.76 bits per heavy atom. The van der Waals surface area contributed by atoms with Crippen molar-refractivity contribution in [2.24, 2.45) is 0 Å². The molecular weight excluding hydrogens is 352 g/mol. The van der Waals surface area contributed by atoms with Crippen LogP contribution in [0.1, 0.15) is 22.8 Å². The average Bonchev–Trinajstić information content (AvgIpc) is 2.42. The van der Waals surface area contributed by atoms with E-state index in [0.717, 1.165) is 6.07 Å². The first-order chi connectivity index (χ1) is 9.79. The van der Waals surface area contributed by atoms with Gasteiger partial charge in [0.05, 0.1) is 11.7 Å². The second kappa shape index (κ2) is 6.15. The summed E-state index contributed by atoms with van der Waals surface area (Å²) in [5.41, 5.74) is -0.703. The van der Waals surface area contributed by atoms with Crippen LogP contribution in [0.3, 0.4) is 0 Å². The molecule has 0 amide bonds. The molecule has 0 spiro atoms. The van der Waals surface area contributed by atoms with E-state index in [1.807, 2.05) is 0 Å². The summed E-state index contributed by atoms with van der Waals surface area (Å²) < 4.78 is 52.5. The Labute approximate surface area is 127 Å². The summed E-state index contributed by atoms with van der Waals surface area (Å²) in [5.74, 6) is -0.510. The molecule has 0 saturated carbocycles. The summed E-state index contributed by atoms with van der Waals surface area (Å²) in [5, 5.41) is 10.1. The minimum atomic E-state index is -4.54. The summed E-state index contributed by atoms with van der Waals surface area (Å²) in [7, 11) is 0. The van der Waals surface area contributed by atoms with Gasteiger partial charge in [0, 0.05) is 10.9 Å². The first-order valence-corrected chi connectivity index (χ1v) is 6.86. The van der Waals surface area contributed by atoms with Crippen LogP contribution in [0.2, 0.25) is 0 Å². The van der Waals surface area contributed by atoms with E-state index in [-0.39, 0.29) is 12.0 Å². The van der Waals surface area contributed by atoms with Gasteiger partial charge in [-0.3, -0.25) is 0 Å². The molecule has 2 rings (SSSR count). The fraction of sp³-hybridized carbons (Fsp3) is 0.200. The van der Waals surface area contributed by atoms with Crippen LogP contribution in [0.15, 0.2) is 46.9 Å². The third-order valence-electron chi connectivity index (χ3n) is 3.05. The second-order valence-electron chi connectivity index (χ2n) is 4.54. The molecule has 1 N–H and O–H groups in total. The molecule has 0 aromatic heterocycles. The van der Waals surface area contributed by atoms with E-state index in [1.54, 1.807) is 0 Å². The molecule has 2 aromatic rings. The van der Waals surface area contributed by atoms with Gasteiger partial charge in [-0.2, -0.15) is 13.2 Å². The van der Waals surface area contributed by atoms with Crippen LogP contribution in [-0.2, 0) is 12.6 Å². The summed E-state index contributed by atoms with van der Waals surface area (Å²) in [6.07, 6.45) is -6.04. The topological polar surface area (TPSA) is 20.2 Å². The summed E-state index contributed by atoms with van der Waals surface area (Å²) in [6.45, 7) is 0. The maximum absolute atomic E-state index is 13.2. The maximum Gasteiger partial charge on any atom is 0.416 e. The first kappa shape index (κ1) is 16.0. The molecule has 0 bridgehead atoms. The number of halogens is 5. The highest BCUT2D eigenvalue weighted by Crippen LogP contribution is 2.36. The SMILES string of the molecule is OC(Cc1cc(F)ccc1Br)c1ccccc1C(F)(F)F. The van der Waals surface area contributed by atoms with Crippen LogP contribution in [0.25, 0.3) is 0 Å². The molecule has 0 saturated heterocycles. The van der Waals surface area contributed by atoms with Gasteiger partial charge in [-0.15, -0.1) is 0 Å². The molecule has 0 aliphatic heterocycles. The van der Waals surface area contributed by atoms with Gasteiger partial charge in [0.25, 0.3) is 0 Å². The van der Waals surface area contributed by atoms with Crippen LogP contribution in [-0.4, -0.2) is 5.11 Å². The van der Waals surface area contributed by atoms with Crippen molar-refractivity contribution in [3.05, 3.63) is 69.4 Å². The van der Waals surface area contributed by atoms with Gasteiger partial charge in [0.15, 0.2) is 0 Å². The van der Waals surface area contributed by atoms with Gasteiger partial charge < -0.3 is 5.11 Å². The van der Waals surface area contributed by atoms with Gasteiger partial charge in [-0.1, -0.05) is 34.1 Å². The molecule has 2 aromatic carbocycles. The standard InChI is InChI=1S/C15H11BrF4O/c16-13-6-5-10(17)7-9(13)8-14(21)11-3-1-2-4-12(11)15(18,19)20/h1-7,14,21H,8H2. The molecule has 1 atom stereocenters. The van der Waals surface area contributed by atoms with E-state index in [1.165, 1.54) is 36.4 Å². The molecular formula is C15H11BrF4O. The number of aliphatic hydroxyl groups is 1. The molecule has 112 valence electrons. The maximum atomic E-state index is 13.2. The normalized spacial score (nSPS) is 13.2. The third-order valence-corrected chi connectivity index (χ3v) is 3.82. The van der Waals surface area contributed by atoms with Gasteiger partial charge in [-0.25, -0.2) is 4.39 Å². The highest BCUT2D eigenvalue weighted by atomic mass is 79.9. The number of alkyl halides is 3. The highest BCUT2D eigenvalue weighted by molar-refractivity contribution is 9.10. The Kier molecular flexibility index (Phi) is 4.68. The number of hydrogen-bond donors (Lipinski definition) is 1. The van der Waals surface area contributed by atoms with E-state index in [4.69, 9.17) is 0 Å². The van der Waals surface area contributed by atoms with E-state index < -0.39 is 23.7 Å². The third kappa shape index (κ3) is 3.83. The summed E-state index contributed by atoms with van der Waals surface area (Å²) >= 11 is 3.19. The predicted molar refractivity (Wildman–Crippen MR) is 74.2 cm³/mol. The van der Waals surface area contributed by atoms with Crippen molar-refractivity contribution in [1.82, 2.24) is 0 Å². The zero-order valence-corrected chi connectivity index (χ0v) is 12.2. The molecule has 1 nitrogen and oxygen atoms in total. The van der Waals surface area contributed by atoms with E-state index in [0.29, 0.717) is 10.0 Å². The van der Waals surface area contributed by atoms with Gasteiger partial charge in [0.2, 0.25) is 0 Å². The fourth-order valence-electron chi connectivity index (χ4n) is 2.06. The molecule has 1 unspecified atom stereocenters. The van der Waals surface area contributed by atoms with Crippen molar-refractivity contribution in [3.8, 4) is 0 Å². The Morgan fingerprint density at radius 3 is 2.43 bits per heavy atom. The zero-order valence-electron chi connectivity index (χ0n) is 10.7. The second-order valence-corrected chi connectivity index (χ2v) is 5.39. The molecule has 0 radical (unpaired) electrons. The lowest BCUT2D eigenvalue weighted by molar-refractivity contribution is -0.139. The lowest BCUT2D eigenvalue weighted by atomic mass is 9.97. The van der Waals surface area contributed by atoms with Crippen LogP contribution in [0.4, 0.5) is 17.6 Å². The minimum Gasteiger partial charge on any atom is -0.388 e. The van der Waals surface area contributed by atoms with Crippen LogP contribution in [0.5, 0.6) is 0 Å². The summed E-state index contributed by atoms with van der Waals surface area (Å²) in [6, 6.07) is 8.69. The number of hydrogen-bond acceptors (Lipinski definition) is 1. The Bertz CT molecular complexity index is 640. The van der Waals surface area contributed by atoms with E-state index in [2.05, 4.69) is 15.9 Å². The highest BCUT2D eigenvalue weighted by Gasteiger charge is 2.34. The first-order valence-electron chi connectivity index (χ1n) is 6.07. The minimum absolute atomic E-state index is 0.120. The van der Waals surface area contributed by atoms with Crippen LogP contribution in [0, 0.1) is 5.82 Å². The molecule has 21 heavy (non-hydrogen) atoms. The lowest BCUT2D eigenvalue weighted by Gasteiger charge is -2.18. The summed E-state index contributed by atoms with van der Waals surface area (Å²) in [4.78, 5) is 0. The number of aliphatic hydroxyl groups excluding tert-OH is 1. The fourth-order valence-corrected chi connectivity index (χ4v) is 2.47. The zero-order chi connectivity index (χ0) is 15.6. The Morgan fingerprint density at radius 1 is 1.10 bits per heavy atom. The van der Waals surface area contributed by atoms with Gasteiger partial charge in [-0.05, 0) is 35.4 Å². The Hall–Kier alpha value is -1.40. The quantitative estimate of drug-likeness (QED) is 0.771. The molecule has 0 aliphatic carbocycles. The van der Waals surface area contributed by atoms with Gasteiger partial charge >= 0.3 is 6.18 Å². The lowest BCUT2D eigenvalue weighted by Crippen LogP contribution is -2.13. The number of benzene rings is 2. The monoisotopic (exact) mass is 362 g/mol. The van der Waals surface area contributed by atoms with Gasteiger partial charge in [0.1, 0.15) is 5.82 Å². The molecule has 6 heteroatoms. The Balaban J connectivity index is 2.33. The predicted octanol–water partition coefficient (Wildman–Crippen LogP) is 4.88. The molecule has 0 fully saturated rings. The largest absolute Gasteiger partial charge is 0.416 e. The van der Waals surface area contributed by atoms with Crippen LogP contribution < -0.4 is 0 Å².